The van der Waals surface area contributed by atoms with Gasteiger partial charge < -0.3 is 9.64 Å². The molecule has 0 spiro atoms. The van der Waals surface area contributed by atoms with Crippen LogP contribution in [0.2, 0.25) is 0 Å². The molecule has 0 saturated carbocycles. The van der Waals surface area contributed by atoms with Crippen molar-refractivity contribution in [3.8, 4) is 0 Å². The largest absolute Gasteiger partial charge is 0.380 e. The SMILES string of the molecule is CCN(C=N)C[C@@H](C)OC. The second-order valence-corrected chi connectivity index (χ2v) is 2.26. The van der Waals surface area contributed by atoms with E-state index in [9.17, 15) is 0 Å². The lowest BCUT2D eigenvalue weighted by molar-refractivity contribution is 0.0987. The van der Waals surface area contributed by atoms with Crippen LogP contribution >= 0.6 is 0 Å². The number of hydrogen-bond donors (Lipinski definition) is 1. The minimum atomic E-state index is 0.210. The zero-order valence-corrected chi connectivity index (χ0v) is 6.92. The Balaban J connectivity index is 3.51. The molecule has 0 heterocycles. The first-order valence-electron chi connectivity index (χ1n) is 3.52. The Morgan fingerprint density at radius 3 is 2.60 bits per heavy atom. The summed E-state index contributed by atoms with van der Waals surface area (Å²) in [4.78, 5) is 1.90. The molecule has 0 amide bonds. The number of likely N-dealkylation sites (N-methyl/N-ethyl adjacent to an activating group) is 1. The normalized spacial score (nSPS) is 12.7. The second-order valence-electron chi connectivity index (χ2n) is 2.26. The smallest absolute Gasteiger partial charge is 0.0818 e. The molecule has 0 aromatic carbocycles. The number of nitrogens with one attached hydrogen (secondary N) is 1. The first-order chi connectivity index (χ1) is 4.74. The molecule has 0 aromatic rings. The fourth-order valence-corrected chi connectivity index (χ4v) is 0.678. The van der Waals surface area contributed by atoms with Crippen LogP contribution in [0.5, 0.6) is 0 Å². The van der Waals surface area contributed by atoms with Crippen molar-refractivity contribution in [1.82, 2.24) is 4.90 Å². The van der Waals surface area contributed by atoms with Crippen LogP contribution in [-0.4, -0.2) is 37.5 Å². The maximum atomic E-state index is 6.97. The lowest BCUT2D eigenvalue weighted by Crippen LogP contribution is -2.30. The molecule has 0 aromatic heterocycles. The maximum absolute atomic E-state index is 6.97. The van der Waals surface area contributed by atoms with E-state index < -0.39 is 0 Å². The number of rotatable bonds is 5. The Labute approximate surface area is 62.5 Å². The zero-order chi connectivity index (χ0) is 7.98. The zero-order valence-electron chi connectivity index (χ0n) is 6.92. The van der Waals surface area contributed by atoms with Crippen molar-refractivity contribution in [1.29, 1.82) is 5.41 Å². The summed E-state index contributed by atoms with van der Waals surface area (Å²) in [6.07, 6.45) is 1.55. The van der Waals surface area contributed by atoms with Gasteiger partial charge in [-0.25, -0.2) is 0 Å². The molecule has 0 saturated heterocycles. The molecular weight excluding hydrogens is 128 g/mol. The average Bonchev–Trinajstić information content (AvgIpc) is 1.99. The molecule has 0 radical (unpaired) electrons. The van der Waals surface area contributed by atoms with E-state index in [-0.39, 0.29) is 6.10 Å². The van der Waals surface area contributed by atoms with Gasteiger partial charge in [0.1, 0.15) is 0 Å². The molecule has 60 valence electrons. The van der Waals surface area contributed by atoms with Crippen molar-refractivity contribution >= 4 is 6.34 Å². The summed E-state index contributed by atoms with van der Waals surface area (Å²) in [5, 5.41) is 6.97. The molecule has 0 aliphatic rings. The summed E-state index contributed by atoms with van der Waals surface area (Å²) in [5.74, 6) is 0. The lowest BCUT2D eigenvalue weighted by Gasteiger charge is -2.19. The molecule has 3 heteroatoms. The van der Waals surface area contributed by atoms with Crippen LogP contribution in [0.4, 0.5) is 0 Å². The fraction of sp³-hybridized carbons (Fsp3) is 0.857. The van der Waals surface area contributed by atoms with Crippen LogP contribution in [0.15, 0.2) is 0 Å². The highest BCUT2D eigenvalue weighted by Crippen LogP contribution is 1.91. The van der Waals surface area contributed by atoms with Gasteiger partial charge in [0.05, 0.1) is 12.4 Å². The van der Waals surface area contributed by atoms with Gasteiger partial charge in [-0.3, -0.25) is 5.41 Å². The van der Waals surface area contributed by atoms with E-state index in [1.165, 1.54) is 6.34 Å². The summed E-state index contributed by atoms with van der Waals surface area (Å²) < 4.78 is 5.04. The van der Waals surface area contributed by atoms with Crippen molar-refractivity contribution < 1.29 is 4.74 Å². The van der Waals surface area contributed by atoms with Crippen molar-refractivity contribution in [2.75, 3.05) is 20.2 Å². The van der Waals surface area contributed by atoms with Gasteiger partial charge in [-0.1, -0.05) is 0 Å². The van der Waals surface area contributed by atoms with Crippen LogP contribution in [0.3, 0.4) is 0 Å². The van der Waals surface area contributed by atoms with Crippen LogP contribution in [0.25, 0.3) is 0 Å². The summed E-state index contributed by atoms with van der Waals surface area (Å²) in [5.41, 5.74) is 0. The van der Waals surface area contributed by atoms with Gasteiger partial charge >= 0.3 is 0 Å². The van der Waals surface area contributed by atoms with Crippen LogP contribution in [0.1, 0.15) is 13.8 Å². The third-order valence-electron chi connectivity index (χ3n) is 1.48. The van der Waals surface area contributed by atoms with Gasteiger partial charge in [0.25, 0.3) is 0 Å². The lowest BCUT2D eigenvalue weighted by atomic mass is 10.4. The third kappa shape index (κ3) is 3.45. The first kappa shape index (κ1) is 9.43. The minimum absolute atomic E-state index is 0.210. The van der Waals surface area contributed by atoms with Gasteiger partial charge in [-0.2, -0.15) is 0 Å². The van der Waals surface area contributed by atoms with Crippen molar-refractivity contribution in [3.05, 3.63) is 0 Å². The van der Waals surface area contributed by atoms with Crippen molar-refractivity contribution in [2.24, 2.45) is 0 Å². The van der Waals surface area contributed by atoms with Crippen LogP contribution in [-0.2, 0) is 4.74 Å². The van der Waals surface area contributed by atoms with Gasteiger partial charge in [-0.15, -0.1) is 0 Å². The Kier molecular flexibility index (Phi) is 4.94. The van der Waals surface area contributed by atoms with Gasteiger partial charge in [-0.05, 0) is 13.8 Å². The van der Waals surface area contributed by atoms with Crippen LogP contribution < -0.4 is 0 Å². The molecule has 0 bridgehead atoms. The van der Waals surface area contributed by atoms with E-state index in [0.29, 0.717) is 0 Å². The number of hydrogen-bond acceptors (Lipinski definition) is 2. The van der Waals surface area contributed by atoms with Gasteiger partial charge in [0.15, 0.2) is 0 Å². The highest BCUT2D eigenvalue weighted by atomic mass is 16.5. The van der Waals surface area contributed by atoms with E-state index in [1.54, 1.807) is 7.11 Å². The number of nitrogens with zero attached hydrogens (tertiary/aromatic N) is 1. The molecule has 10 heavy (non-hydrogen) atoms. The predicted molar refractivity (Wildman–Crippen MR) is 42.5 cm³/mol. The van der Waals surface area contributed by atoms with E-state index in [0.717, 1.165) is 13.1 Å². The highest BCUT2D eigenvalue weighted by molar-refractivity contribution is 5.50. The summed E-state index contributed by atoms with van der Waals surface area (Å²) >= 11 is 0. The Morgan fingerprint density at radius 2 is 2.30 bits per heavy atom. The number of ether oxygens (including phenoxy) is 1. The molecular formula is C7H16N2O. The average molecular weight is 144 g/mol. The quantitative estimate of drug-likeness (QED) is 0.460. The third-order valence-corrected chi connectivity index (χ3v) is 1.48. The molecule has 0 unspecified atom stereocenters. The first-order valence-corrected chi connectivity index (χ1v) is 3.52. The minimum Gasteiger partial charge on any atom is -0.380 e. The molecule has 0 aliphatic heterocycles. The molecule has 0 aliphatic carbocycles. The standard InChI is InChI=1S/C7H16N2O/c1-4-9(6-8)5-7(2)10-3/h6-8H,4-5H2,1-3H3/t7-/m1/s1. The van der Waals surface area contributed by atoms with Crippen molar-refractivity contribution in [2.45, 2.75) is 20.0 Å². The highest BCUT2D eigenvalue weighted by Gasteiger charge is 2.02. The molecule has 0 rings (SSSR count). The second kappa shape index (κ2) is 5.23. The van der Waals surface area contributed by atoms with Crippen LogP contribution in [0, 0.1) is 5.41 Å². The molecule has 3 nitrogen and oxygen atoms in total. The molecule has 1 atom stereocenters. The summed E-state index contributed by atoms with van der Waals surface area (Å²) in [6.45, 7) is 5.69. The topological polar surface area (TPSA) is 36.3 Å². The monoisotopic (exact) mass is 144 g/mol. The Morgan fingerprint density at radius 1 is 1.70 bits per heavy atom. The summed E-state index contributed by atoms with van der Waals surface area (Å²) in [7, 11) is 1.68. The summed E-state index contributed by atoms with van der Waals surface area (Å²) in [6, 6.07) is 0. The molecule has 0 fully saturated rings. The van der Waals surface area contributed by atoms with E-state index in [1.807, 2.05) is 18.7 Å². The van der Waals surface area contributed by atoms with E-state index in [4.69, 9.17) is 10.1 Å². The maximum Gasteiger partial charge on any atom is 0.0818 e. The van der Waals surface area contributed by atoms with Crippen molar-refractivity contribution in [3.63, 3.8) is 0 Å². The number of methoxy groups -OCH3 is 1. The fourth-order valence-electron chi connectivity index (χ4n) is 0.678. The van der Waals surface area contributed by atoms with E-state index >= 15 is 0 Å². The van der Waals surface area contributed by atoms with Gasteiger partial charge in [0.2, 0.25) is 0 Å². The van der Waals surface area contributed by atoms with Gasteiger partial charge in [0, 0.05) is 20.2 Å². The Hall–Kier alpha value is -0.570. The van der Waals surface area contributed by atoms with E-state index in [2.05, 4.69) is 0 Å². The molecule has 1 N–H and O–H groups in total. The Bertz CT molecular complexity index is 95.6. The predicted octanol–water partition coefficient (Wildman–Crippen LogP) is 0.950.